The number of carbonyl (C=O) groups excluding carboxylic acids is 1. The van der Waals surface area contributed by atoms with Gasteiger partial charge in [0.2, 0.25) is 5.91 Å². The van der Waals surface area contributed by atoms with Gasteiger partial charge in [0.1, 0.15) is 0 Å². The van der Waals surface area contributed by atoms with Crippen molar-refractivity contribution in [2.45, 2.75) is 20.3 Å². The van der Waals surface area contributed by atoms with E-state index in [1.807, 2.05) is 0 Å². The van der Waals surface area contributed by atoms with Crippen molar-refractivity contribution in [3.8, 4) is 0 Å². The molecule has 0 bridgehead atoms. The van der Waals surface area contributed by atoms with Gasteiger partial charge in [0.15, 0.2) is 0 Å². The molecule has 0 saturated heterocycles. The van der Waals surface area contributed by atoms with Crippen molar-refractivity contribution in [1.82, 2.24) is 9.80 Å². The van der Waals surface area contributed by atoms with Crippen molar-refractivity contribution in [2.24, 2.45) is 11.7 Å². The highest BCUT2D eigenvalue weighted by molar-refractivity contribution is 7.80. The maximum absolute atomic E-state index is 12.1. The molecule has 0 aliphatic rings. The highest BCUT2D eigenvalue weighted by Crippen LogP contribution is 2.00. The summed E-state index contributed by atoms with van der Waals surface area (Å²) < 4.78 is 5.07. The van der Waals surface area contributed by atoms with Gasteiger partial charge in [-0.05, 0) is 5.92 Å². The lowest BCUT2D eigenvalue weighted by Crippen LogP contribution is -2.42. The van der Waals surface area contributed by atoms with Crippen molar-refractivity contribution < 1.29 is 9.53 Å². The lowest BCUT2D eigenvalue weighted by molar-refractivity contribution is -0.131. The van der Waals surface area contributed by atoms with Crippen LogP contribution >= 0.6 is 12.2 Å². The Balaban J connectivity index is 4.22. The number of carbonyl (C=O) groups is 1. The number of hydrogen-bond acceptors (Lipinski definition) is 4. The molecule has 0 aromatic heterocycles. The summed E-state index contributed by atoms with van der Waals surface area (Å²) in [4.78, 5) is 16.3. The molecule has 6 heteroatoms. The minimum atomic E-state index is 0.0907. The largest absolute Gasteiger partial charge is 0.393 e. The molecule has 112 valence electrons. The third kappa shape index (κ3) is 9.81. The molecule has 1 amide bonds. The van der Waals surface area contributed by atoms with E-state index >= 15 is 0 Å². The minimum absolute atomic E-state index is 0.0907. The zero-order valence-corrected chi connectivity index (χ0v) is 13.3. The van der Waals surface area contributed by atoms with Gasteiger partial charge in [-0.15, -0.1) is 0 Å². The van der Waals surface area contributed by atoms with Crippen LogP contribution in [0.5, 0.6) is 0 Å². The summed E-state index contributed by atoms with van der Waals surface area (Å²) >= 11 is 4.82. The summed E-state index contributed by atoms with van der Waals surface area (Å²) in [7, 11) is 3.45. The second-order valence-corrected chi connectivity index (χ2v) is 5.68. The lowest BCUT2D eigenvalue weighted by atomic mass is 10.2. The van der Waals surface area contributed by atoms with E-state index in [0.717, 1.165) is 13.1 Å². The average molecular weight is 289 g/mol. The molecule has 0 atom stereocenters. The summed E-state index contributed by atoms with van der Waals surface area (Å²) in [6.45, 7) is 7.56. The Morgan fingerprint density at radius 1 is 1.37 bits per heavy atom. The van der Waals surface area contributed by atoms with E-state index in [9.17, 15) is 4.79 Å². The molecule has 0 rings (SSSR count). The first-order valence-corrected chi connectivity index (χ1v) is 7.01. The summed E-state index contributed by atoms with van der Waals surface area (Å²) in [6, 6.07) is 0. The van der Waals surface area contributed by atoms with Crippen molar-refractivity contribution in [3.63, 3.8) is 0 Å². The van der Waals surface area contributed by atoms with Gasteiger partial charge in [-0.25, -0.2) is 0 Å². The number of nitrogens with zero attached hydrogens (tertiary/aromatic N) is 2. The Labute approximate surface area is 122 Å². The molecule has 0 aliphatic heterocycles. The molecule has 19 heavy (non-hydrogen) atoms. The van der Waals surface area contributed by atoms with Crippen LogP contribution in [0.3, 0.4) is 0 Å². The van der Waals surface area contributed by atoms with Crippen molar-refractivity contribution in [1.29, 1.82) is 0 Å². The van der Waals surface area contributed by atoms with Crippen LogP contribution in [-0.4, -0.2) is 67.6 Å². The summed E-state index contributed by atoms with van der Waals surface area (Å²) in [5, 5.41) is 0. The molecule has 0 aromatic rings. The van der Waals surface area contributed by atoms with Gasteiger partial charge in [0, 0.05) is 40.2 Å². The molecule has 0 radical (unpaired) electrons. The van der Waals surface area contributed by atoms with Gasteiger partial charge in [0.05, 0.1) is 18.1 Å². The zero-order valence-electron chi connectivity index (χ0n) is 12.5. The fraction of sp³-hybridized carbons (Fsp3) is 0.846. The number of methoxy groups -OCH3 is 1. The maximum Gasteiger partial charge on any atom is 0.236 e. The standard InChI is InChI=1S/C13H27N3O2S/c1-11(2)9-16(7-8-18-4)10-13(17)15(3)6-5-12(14)19/h11H,5-10H2,1-4H3,(H2,14,19). The van der Waals surface area contributed by atoms with Crippen LogP contribution in [0.1, 0.15) is 20.3 Å². The molecular weight excluding hydrogens is 262 g/mol. The van der Waals surface area contributed by atoms with Crippen LogP contribution in [-0.2, 0) is 9.53 Å². The molecule has 0 aliphatic carbocycles. The third-order valence-electron chi connectivity index (χ3n) is 2.71. The van der Waals surface area contributed by atoms with E-state index in [4.69, 9.17) is 22.7 Å². The SMILES string of the molecule is COCCN(CC(=O)N(C)CCC(N)=S)CC(C)C. The first kappa shape index (κ1) is 18.3. The molecule has 0 saturated carbocycles. The molecule has 0 heterocycles. The van der Waals surface area contributed by atoms with Crippen molar-refractivity contribution in [3.05, 3.63) is 0 Å². The first-order chi connectivity index (χ1) is 8.86. The first-order valence-electron chi connectivity index (χ1n) is 6.60. The minimum Gasteiger partial charge on any atom is -0.393 e. The Bertz CT molecular complexity index is 285. The molecule has 0 unspecified atom stereocenters. The second-order valence-electron chi connectivity index (χ2n) is 5.15. The number of ether oxygens (including phenoxy) is 1. The van der Waals surface area contributed by atoms with E-state index in [-0.39, 0.29) is 5.91 Å². The monoisotopic (exact) mass is 289 g/mol. The maximum atomic E-state index is 12.1. The number of hydrogen-bond donors (Lipinski definition) is 1. The van der Waals surface area contributed by atoms with Crippen molar-refractivity contribution >= 4 is 23.1 Å². The van der Waals surface area contributed by atoms with Gasteiger partial charge in [-0.3, -0.25) is 9.69 Å². The predicted octanol–water partition coefficient (Wildman–Crippen LogP) is 0.725. The summed E-state index contributed by atoms with van der Waals surface area (Å²) in [5.74, 6) is 0.611. The van der Waals surface area contributed by atoms with Crippen molar-refractivity contribution in [2.75, 3.05) is 46.9 Å². The topological polar surface area (TPSA) is 58.8 Å². The Kier molecular flexibility index (Phi) is 9.73. The van der Waals surface area contributed by atoms with Gasteiger partial charge in [-0.1, -0.05) is 26.1 Å². The number of amides is 1. The van der Waals surface area contributed by atoms with E-state index in [2.05, 4.69) is 18.7 Å². The van der Waals surface area contributed by atoms with Gasteiger partial charge in [0.25, 0.3) is 0 Å². The Morgan fingerprint density at radius 2 is 2.00 bits per heavy atom. The van der Waals surface area contributed by atoms with Crippen LogP contribution in [0.4, 0.5) is 0 Å². The Morgan fingerprint density at radius 3 is 2.47 bits per heavy atom. The van der Waals surface area contributed by atoms with E-state index < -0.39 is 0 Å². The number of likely N-dealkylation sites (N-methyl/N-ethyl adjacent to an activating group) is 1. The third-order valence-corrected chi connectivity index (χ3v) is 2.92. The highest BCUT2D eigenvalue weighted by atomic mass is 32.1. The Hall–Kier alpha value is -0.720. The highest BCUT2D eigenvalue weighted by Gasteiger charge is 2.15. The van der Waals surface area contributed by atoms with E-state index in [1.54, 1.807) is 19.1 Å². The van der Waals surface area contributed by atoms with Gasteiger partial charge in [-0.2, -0.15) is 0 Å². The summed E-state index contributed by atoms with van der Waals surface area (Å²) in [6.07, 6.45) is 0.569. The molecule has 0 aromatic carbocycles. The number of nitrogens with two attached hydrogens (primary N) is 1. The van der Waals surface area contributed by atoms with E-state index in [1.165, 1.54) is 0 Å². The zero-order chi connectivity index (χ0) is 14.8. The van der Waals surface area contributed by atoms with E-state index in [0.29, 0.717) is 37.0 Å². The van der Waals surface area contributed by atoms with Crippen LogP contribution in [0.25, 0.3) is 0 Å². The molecule has 5 nitrogen and oxygen atoms in total. The lowest BCUT2D eigenvalue weighted by Gasteiger charge is -2.26. The molecule has 0 fully saturated rings. The van der Waals surface area contributed by atoms with Crippen LogP contribution in [0.15, 0.2) is 0 Å². The number of rotatable bonds is 10. The van der Waals surface area contributed by atoms with Crippen LogP contribution in [0.2, 0.25) is 0 Å². The quantitative estimate of drug-likeness (QED) is 0.601. The summed E-state index contributed by atoms with van der Waals surface area (Å²) in [5.41, 5.74) is 5.44. The van der Waals surface area contributed by atoms with Gasteiger partial charge < -0.3 is 15.4 Å². The average Bonchev–Trinajstić information content (AvgIpc) is 2.32. The molecule has 0 spiro atoms. The normalized spacial score (nSPS) is 11.1. The predicted molar refractivity (Wildman–Crippen MR) is 82.2 cm³/mol. The smallest absolute Gasteiger partial charge is 0.236 e. The second kappa shape index (κ2) is 10.1. The molecule has 2 N–H and O–H groups in total. The van der Waals surface area contributed by atoms with Crippen LogP contribution in [0, 0.1) is 5.92 Å². The fourth-order valence-corrected chi connectivity index (χ4v) is 1.78. The van der Waals surface area contributed by atoms with Crippen LogP contribution < -0.4 is 5.73 Å². The molecular formula is C13H27N3O2S. The number of thiocarbonyl (C=S) groups is 1. The van der Waals surface area contributed by atoms with Gasteiger partial charge >= 0.3 is 0 Å². The fourth-order valence-electron chi connectivity index (χ4n) is 1.69.